The van der Waals surface area contributed by atoms with Gasteiger partial charge < -0.3 is 4.74 Å². The molecule has 1 spiro atoms. The third kappa shape index (κ3) is 4.28. The maximum absolute atomic E-state index is 6.73. The molecule has 8 aromatic rings. The number of benzene rings is 7. The van der Waals surface area contributed by atoms with Crippen LogP contribution in [0.5, 0.6) is 11.5 Å². The van der Waals surface area contributed by atoms with Gasteiger partial charge in [-0.2, -0.15) is 0 Å². The second-order valence-electron chi connectivity index (χ2n) is 12.8. The van der Waals surface area contributed by atoms with Crippen molar-refractivity contribution in [2.75, 3.05) is 0 Å². The van der Waals surface area contributed by atoms with E-state index in [-0.39, 0.29) is 0 Å². The molecule has 7 aromatic carbocycles. The number of aromatic nitrogens is 3. The average molecular weight is 640 g/mol. The Kier molecular flexibility index (Phi) is 6.36. The van der Waals surface area contributed by atoms with Crippen LogP contribution in [-0.2, 0) is 5.41 Å². The summed E-state index contributed by atoms with van der Waals surface area (Å²) in [5, 5.41) is 0. The van der Waals surface area contributed by atoms with Crippen molar-refractivity contribution in [1.82, 2.24) is 15.0 Å². The monoisotopic (exact) mass is 639 g/mol. The molecule has 1 aliphatic heterocycles. The highest BCUT2D eigenvalue weighted by Gasteiger charge is 2.50. The topological polar surface area (TPSA) is 47.9 Å². The van der Waals surface area contributed by atoms with Gasteiger partial charge in [-0.1, -0.05) is 164 Å². The summed E-state index contributed by atoms with van der Waals surface area (Å²) in [5.74, 6) is 3.69. The lowest BCUT2D eigenvalue weighted by Crippen LogP contribution is -2.32. The zero-order valence-electron chi connectivity index (χ0n) is 27.0. The summed E-state index contributed by atoms with van der Waals surface area (Å²) in [6, 6.07) is 61.4. The van der Waals surface area contributed by atoms with E-state index in [1.54, 1.807) is 0 Å². The van der Waals surface area contributed by atoms with Crippen molar-refractivity contribution in [1.29, 1.82) is 0 Å². The van der Waals surface area contributed by atoms with Crippen LogP contribution in [0, 0.1) is 0 Å². The number of ether oxygens (including phenoxy) is 1. The molecule has 0 saturated carbocycles. The van der Waals surface area contributed by atoms with E-state index in [9.17, 15) is 0 Å². The Morgan fingerprint density at radius 3 is 1.32 bits per heavy atom. The zero-order valence-corrected chi connectivity index (χ0v) is 27.0. The van der Waals surface area contributed by atoms with E-state index in [0.29, 0.717) is 17.5 Å². The Hall–Kier alpha value is -6.65. The van der Waals surface area contributed by atoms with E-state index in [1.165, 1.54) is 27.8 Å². The smallest absolute Gasteiger partial charge is 0.164 e. The van der Waals surface area contributed by atoms with Crippen LogP contribution in [0.15, 0.2) is 176 Å². The van der Waals surface area contributed by atoms with Gasteiger partial charge in [0.2, 0.25) is 0 Å². The van der Waals surface area contributed by atoms with E-state index in [2.05, 4.69) is 115 Å². The van der Waals surface area contributed by atoms with Crippen molar-refractivity contribution < 1.29 is 4.74 Å². The fourth-order valence-electron chi connectivity index (χ4n) is 7.79. The average Bonchev–Trinajstić information content (AvgIpc) is 3.49. The molecule has 0 atom stereocenters. The number of hydrogen-bond acceptors (Lipinski definition) is 4. The molecular formula is C46H29N3O. The third-order valence-corrected chi connectivity index (χ3v) is 10.0. The van der Waals surface area contributed by atoms with E-state index in [1.807, 2.05) is 60.7 Å². The predicted octanol–water partition coefficient (Wildman–Crippen LogP) is 11.0. The molecule has 50 heavy (non-hydrogen) atoms. The van der Waals surface area contributed by atoms with Gasteiger partial charge in [-0.3, -0.25) is 0 Å². The summed E-state index contributed by atoms with van der Waals surface area (Å²) in [6.07, 6.45) is 0. The van der Waals surface area contributed by atoms with Crippen LogP contribution in [0.4, 0.5) is 0 Å². The van der Waals surface area contributed by atoms with Gasteiger partial charge in [0.05, 0.1) is 5.41 Å². The van der Waals surface area contributed by atoms with Crippen molar-refractivity contribution in [2.24, 2.45) is 0 Å². The predicted molar refractivity (Wildman–Crippen MR) is 199 cm³/mol. The van der Waals surface area contributed by atoms with Gasteiger partial charge in [0.25, 0.3) is 0 Å². The standard InChI is InChI=1S/C46H29N3O/c1-3-13-31(14-4-1)43-47-44(32-15-5-2-6-16-32)49-45(48-43)33-25-23-30(24-26-33)34-27-28-40-42(29-34)50-41-22-12-11-21-39(41)46(40)37-19-9-7-17-35(37)36-18-8-10-20-38(36)46/h1-29H. The van der Waals surface area contributed by atoms with Gasteiger partial charge in [0.15, 0.2) is 17.5 Å². The van der Waals surface area contributed by atoms with Crippen LogP contribution in [0.25, 0.3) is 56.4 Å². The molecule has 1 aromatic heterocycles. The van der Waals surface area contributed by atoms with Gasteiger partial charge >= 0.3 is 0 Å². The van der Waals surface area contributed by atoms with Crippen LogP contribution in [0.3, 0.4) is 0 Å². The van der Waals surface area contributed by atoms with Crippen LogP contribution in [0.2, 0.25) is 0 Å². The fourth-order valence-corrected chi connectivity index (χ4v) is 7.79. The summed E-state index contributed by atoms with van der Waals surface area (Å²) >= 11 is 0. The molecule has 0 unspecified atom stereocenters. The van der Waals surface area contributed by atoms with Crippen molar-refractivity contribution in [3.8, 4) is 67.9 Å². The lowest BCUT2D eigenvalue weighted by atomic mass is 9.66. The minimum atomic E-state index is -0.467. The third-order valence-electron chi connectivity index (χ3n) is 10.0. The normalized spacial score (nSPS) is 13.1. The quantitative estimate of drug-likeness (QED) is 0.192. The molecule has 234 valence electrons. The van der Waals surface area contributed by atoms with E-state index in [4.69, 9.17) is 19.7 Å². The second-order valence-corrected chi connectivity index (χ2v) is 12.8. The zero-order chi connectivity index (χ0) is 33.1. The summed E-state index contributed by atoms with van der Waals surface area (Å²) in [7, 11) is 0. The molecule has 0 radical (unpaired) electrons. The molecule has 10 rings (SSSR count). The lowest BCUT2D eigenvalue weighted by Gasteiger charge is -2.39. The minimum absolute atomic E-state index is 0.467. The first-order valence-corrected chi connectivity index (χ1v) is 16.9. The Bertz CT molecular complexity index is 2460. The molecule has 2 heterocycles. The summed E-state index contributed by atoms with van der Waals surface area (Å²) in [5.41, 5.74) is 12.0. The van der Waals surface area contributed by atoms with Gasteiger partial charge in [0.1, 0.15) is 11.5 Å². The lowest BCUT2D eigenvalue weighted by molar-refractivity contribution is 0.436. The molecule has 1 aliphatic carbocycles. The number of para-hydroxylation sites is 1. The number of hydrogen-bond donors (Lipinski definition) is 0. The fraction of sp³-hybridized carbons (Fsp3) is 0.0217. The van der Waals surface area contributed by atoms with Crippen LogP contribution in [-0.4, -0.2) is 15.0 Å². The highest BCUT2D eigenvalue weighted by Crippen LogP contribution is 2.62. The summed E-state index contributed by atoms with van der Waals surface area (Å²) in [6.45, 7) is 0. The van der Waals surface area contributed by atoms with Gasteiger partial charge in [-0.15, -0.1) is 0 Å². The molecular weight excluding hydrogens is 611 g/mol. The maximum atomic E-state index is 6.73. The van der Waals surface area contributed by atoms with Crippen LogP contribution in [0.1, 0.15) is 22.3 Å². The SMILES string of the molecule is c1ccc(-c2nc(-c3ccccc3)nc(-c3ccc(-c4ccc5c(c4)Oc4ccccc4C54c5ccccc5-c5ccccc54)cc3)n2)cc1. The van der Waals surface area contributed by atoms with Crippen LogP contribution >= 0.6 is 0 Å². The van der Waals surface area contributed by atoms with Crippen molar-refractivity contribution in [2.45, 2.75) is 5.41 Å². The number of fused-ring (bicyclic) bond motifs is 9. The van der Waals surface area contributed by atoms with Crippen LogP contribution < -0.4 is 4.74 Å². The highest BCUT2D eigenvalue weighted by molar-refractivity contribution is 5.89. The van der Waals surface area contributed by atoms with E-state index >= 15 is 0 Å². The Balaban J connectivity index is 1.08. The maximum Gasteiger partial charge on any atom is 0.164 e. The first-order valence-electron chi connectivity index (χ1n) is 16.9. The Morgan fingerprint density at radius 2 is 0.740 bits per heavy atom. The Labute approximate surface area is 290 Å². The van der Waals surface area contributed by atoms with Crippen molar-refractivity contribution in [3.63, 3.8) is 0 Å². The molecule has 4 heteroatoms. The molecule has 0 amide bonds. The largest absolute Gasteiger partial charge is 0.457 e. The molecule has 0 N–H and O–H groups in total. The van der Waals surface area contributed by atoms with Gasteiger partial charge in [-0.05, 0) is 45.5 Å². The molecule has 0 bridgehead atoms. The number of nitrogens with zero attached hydrogens (tertiary/aromatic N) is 3. The molecule has 0 fully saturated rings. The van der Waals surface area contributed by atoms with E-state index < -0.39 is 5.41 Å². The second kappa shape index (κ2) is 11.2. The highest BCUT2D eigenvalue weighted by atomic mass is 16.5. The first kappa shape index (κ1) is 28.4. The summed E-state index contributed by atoms with van der Waals surface area (Å²) < 4.78 is 6.73. The minimum Gasteiger partial charge on any atom is -0.457 e. The van der Waals surface area contributed by atoms with Gasteiger partial charge in [0, 0.05) is 27.8 Å². The summed E-state index contributed by atoms with van der Waals surface area (Å²) in [4.78, 5) is 14.7. The Morgan fingerprint density at radius 1 is 0.320 bits per heavy atom. The first-order chi connectivity index (χ1) is 24.8. The molecule has 2 aliphatic rings. The van der Waals surface area contributed by atoms with Crippen molar-refractivity contribution in [3.05, 3.63) is 198 Å². The molecule has 0 saturated heterocycles. The van der Waals surface area contributed by atoms with Gasteiger partial charge in [-0.25, -0.2) is 15.0 Å². The van der Waals surface area contributed by atoms with E-state index in [0.717, 1.165) is 44.9 Å². The number of rotatable bonds is 4. The van der Waals surface area contributed by atoms with Crippen molar-refractivity contribution >= 4 is 0 Å². The molecule has 4 nitrogen and oxygen atoms in total.